The lowest BCUT2D eigenvalue weighted by atomic mass is 9.92. The summed E-state index contributed by atoms with van der Waals surface area (Å²) in [6, 6.07) is 19.7. The molecule has 1 fully saturated rings. The van der Waals surface area contributed by atoms with Gasteiger partial charge in [-0.15, -0.1) is 0 Å². The van der Waals surface area contributed by atoms with Gasteiger partial charge in [0.25, 0.3) is 0 Å². The van der Waals surface area contributed by atoms with Crippen LogP contribution in [-0.4, -0.2) is 31.6 Å². The van der Waals surface area contributed by atoms with Crippen molar-refractivity contribution in [3.8, 4) is 11.1 Å². The Hall–Kier alpha value is -3.45. The highest BCUT2D eigenvalue weighted by Crippen LogP contribution is 2.25. The number of benzene rings is 2. The maximum atomic E-state index is 6.05. The summed E-state index contributed by atoms with van der Waals surface area (Å²) >= 11 is 0. The zero-order chi connectivity index (χ0) is 21.9. The van der Waals surface area contributed by atoms with Crippen LogP contribution < -0.4 is 16.4 Å². The van der Waals surface area contributed by atoms with Gasteiger partial charge in [-0.3, -0.25) is 0 Å². The number of hydrogen-bond acceptors (Lipinski definition) is 6. The van der Waals surface area contributed by atoms with E-state index in [1.165, 1.54) is 16.7 Å². The van der Waals surface area contributed by atoms with E-state index in [0.717, 1.165) is 42.7 Å². The van der Waals surface area contributed by atoms with Gasteiger partial charge in [0.2, 0.25) is 5.95 Å². The Morgan fingerprint density at radius 1 is 0.938 bits per heavy atom. The molecule has 2 heterocycles. The fraction of sp³-hybridized carbons (Fsp3) is 0.320. The lowest BCUT2D eigenvalue weighted by Gasteiger charge is -2.26. The molecule has 0 unspecified atom stereocenters. The van der Waals surface area contributed by atoms with Gasteiger partial charge >= 0.3 is 0 Å². The second kappa shape index (κ2) is 8.96. The molecule has 0 radical (unpaired) electrons. The maximum absolute atomic E-state index is 6.05. The van der Waals surface area contributed by atoms with Crippen LogP contribution in [0, 0.1) is 0 Å². The summed E-state index contributed by atoms with van der Waals surface area (Å²) in [5.41, 5.74) is 11.3. The highest BCUT2D eigenvalue weighted by molar-refractivity contribution is 5.84. The van der Waals surface area contributed by atoms with Crippen LogP contribution in [0.3, 0.4) is 0 Å². The van der Waals surface area contributed by atoms with E-state index in [1.807, 2.05) is 17.7 Å². The Morgan fingerprint density at radius 3 is 2.41 bits per heavy atom. The van der Waals surface area contributed by atoms with E-state index in [0.29, 0.717) is 24.6 Å². The van der Waals surface area contributed by atoms with Crippen molar-refractivity contribution < 1.29 is 0 Å². The molecule has 2 aromatic carbocycles. The van der Waals surface area contributed by atoms with E-state index >= 15 is 0 Å². The summed E-state index contributed by atoms with van der Waals surface area (Å²) < 4.78 is 1.93. The molecule has 7 nitrogen and oxygen atoms in total. The molecule has 0 bridgehead atoms. The summed E-state index contributed by atoms with van der Waals surface area (Å²) in [5.74, 6) is 1.39. The van der Waals surface area contributed by atoms with Gasteiger partial charge in [-0.25, -0.2) is 4.98 Å². The Bertz CT molecular complexity index is 1180. The third-order valence-corrected chi connectivity index (χ3v) is 6.19. The number of aryl methyl sites for hydroxylation is 1. The summed E-state index contributed by atoms with van der Waals surface area (Å²) in [6.45, 7) is 0.662. The second-order valence-corrected chi connectivity index (χ2v) is 8.60. The van der Waals surface area contributed by atoms with Crippen LogP contribution in [0.4, 0.5) is 11.8 Å². The van der Waals surface area contributed by atoms with Gasteiger partial charge in [0.15, 0.2) is 17.0 Å². The molecular formula is C25H29N7. The van der Waals surface area contributed by atoms with Gasteiger partial charge < -0.3 is 20.9 Å². The first-order chi connectivity index (χ1) is 15.7. The molecule has 0 aliphatic heterocycles. The maximum Gasteiger partial charge on any atom is 0.227 e. The topological polar surface area (TPSA) is 93.7 Å². The number of hydrogen-bond donors (Lipinski definition) is 3. The van der Waals surface area contributed by atoms with E-state index in [1.54, 1.807) is 6.33 Å². The largest absolute Gasteiger partial charge is 0.364 e. The van der Waals surface area contributed by atoms with Crippen molar-refractivity contribution in [3.05, 3.63) is 66.5 Å². The fourth-order valence-corrected chi connectivity index (χ4v) is 4.27. The number of nitrogens with two attached hydrogens (primary N) is 1. The smallest absolute Gasteiger partial charge is 0.227 e. The molecule has 0 saturated heterocycles. The molecule has 5 rings (SSSR count). The molecule has 2 aromatic heterocycles. The first-order valence-corrected chi connectivity index (χ1v) is 11.2. The molecule has 4 N–H and O–H groups in total. The summed E-state index contributed by atoms with van der Waals surface area (Å²) in [5, 5.41) is 6.99. The zero-order valence-corrected chi connectivity index (χ0v) is 18.3. The highest BCUT2D eigenvalue weighted by Gasteiger charge is 2.20. The molecule has 0 amide bonds. The molecule has 7 heteroatoms. The van der Waals surface area contributed by atoms with E-state index in [-0.39, 0.29) is 0 Å². The minimum atomic E-state index is 0.319. The fourth-order valence-electron chi connectivity index (χ4n) is 4.27. The quantitative estimate of drug-likeness (QED) is 0.424. The number of fused-ring (bicyclic) bond motifs is 1. The Labute approximate surface area is 188 Å². The Morgan fingerprint density at radius 2 is 1.66 bits per heavy atom. The van der Waals surface area contributed by atoms with Gasteiger partial charge in [0, 0.05) is 25.7 Å². The number of imidazole rings is 1. The minimum absolute atomic E-state index is 0.319. The number of nitrogens with zero attached hydrogens (tertiary/aromatic N) is 4. The lowest BCUT2D eigenvalue weighted by molar-refractivity contribution is 0.410. The van der Waals surface area contributed by atoms with Crippen molar-refractivity contribution in [2.75, 3.05) is 10.6 Å². The van der Waals surface area contributed by atoms with Gasteiger partial charge in [-0.1, -0.05) is 54.6 Å². The van der Waals surface area contributed by atoms with E-state index in [4.69, 9.17) is 15.7 Å². The van der Waals surface area contributed by atoms with Gasteiger partial charge in [0.1, 0.15) is 0 Å². The van der Waals surface area contributed by atoms with Crippen LogP contribution in [0.15, 0.2) is 60.9 Å². The second-order valence-electron chi connectivity index (χ2n) is 8.60. The van der Waals surface area contributed by atoms with Crippen molar-refractivity contribution >= 4 is 22.9 Å². The predicted octanol–water partition coefficient (Wildman–Crippen LogP) is 4.32. The van der Waals surface area contributed by atoms with Crippen LogP contribution in [0.1, 0.15) is 31.2 Å². The van der Waals surface area contributed by atoms with Gasteiger partial charge in [0.05, 0.1) is 6.33 Å². The number of rotatable bonds is 6. The number of aromatic nitrogens is 4. The molecule has 1 aliphatic rings. The average Bonchev–Trinajstić information content (AvgIpc) is 3.21. The average molecular weight is 428 g/mol. The van der Waals surface area contributed by atoms with Gasteiger partial charge in [-0.2, -0.15) is 9.97 Å². The molecule has 4 aromatic rings. The third kappa shape index (κ3) is 4.43. The van der Waals surface area contributed by atoms with E-state index < -0.39 is 0 Å². The summed E-state index contributed by atoms with van der Waals surface area (Å²) in [4.78, 5) is 14.0. The predicted molar refractivity (Wildman–Crippen MR) is 129 cm³/mol. The van der Waals surface area contributed by atoms with Gasteiger partial charge in [-0.05, 0) is 42.4 Å². The molecule has 32 heavy (non-hydrogen) atoms. The van der Waals surface area contributed by atoms with Crippen molar-refractivity contribution in [3.63, 3.8) is 0 Å². The van der Waals surface area contributed by atoms with Crippen LogP contribution in [0.2, 0.25) is 0 Å². The van der Waals surface area contributed by atoms with Crippen molar-refractivity contribution in [2.45, 2.75) is 44.3 Å². The molecule has 1 saturated carbocycles. The van der Waals surface area contributed by atoms with Crippen molar-refractivity contribution in [2.24, 2.45) is 12.8 Å². The van der Waals surface area contributed by atoms with E-state index in [2.05, 4.69) is 64.1 Å². The van der Waals surface area contributed by atoms with Crippen molar-refractivity contribution in [1.29, 1.82) is 0 Å². The standard InChI is InChI=1S/C25H29N7/c1-32-16-28-22-23(30-25(31-24(22)32)29-21-13-11-20(26)12-14-21)27-15-17-7-9-19(10-8-17)18-5-3-2-4-6-18/h2-10,16,20-21H,11-15,26H2,1H3,(H2,27,29,30,31). The Kier molecular flexibility index (Phi) is 5.73. The SMILES string of the molecule is Cn1cnc2c(NCc3ccc(-c4ccccc4)cc3)nc(NC3CCC(N)CC3)nc21. The van der Waals surface area contributed by atoms with E-state index in [9.17, 15) is 0 Å². The van der Waals surface area contributed by atoms with Crippen molar-refractivity contribution in [1.82, 2.24) is 19.5 Å². The molecular weight excluding hydrogens is 398 g/mol. The summed E-state index contributed by atoms with van der Waals surface area (Å²) in [6.07, 6.45) is 5.95. The third-order valence-electron chi connectivity index (χ3n) is 6.19. The highest BCUT2D eigenvalue weighted by atomic mass is 15.2. The monoisotopic (exact) mass is 427 g/mol. The first-order valence-electron chi connectivity index (χ1n) is 11.2. The molecule has 164 valence electrons. The van der Waals surface area contributed by atoms with Crippen LogP contribution in [0.25, 0.3) is 22.3 Å². The number of anilines is 2. The molecule has 0 atom stereocenters. The lowest BCUT2D eigenvalue weighted by Crippen LogP contribution is -2.33. The number of nitrogens with one attached hydrogen (secondary N) is 2. The van der Waals surface area contributed by atoms with Crippen LogP contribution in [0.5, 0.6) is 0 Å². The zero-order valence-electron chi connectivity index (χ0n) is 18.3. The minimum Gasteiger partial charge on any atom is -0.364 e. The van der Waals surface area contributed by atoms with Crippen LogP contribution in [-0.2, 0) is 13.6 Å². The van der Waals surface area contributed by atoms with Crippen LogP contribution >= 0.6 is 0 Å². The Balaban J connectivity index is 1.33. The summed E-state index contributed by atoms with van der Waals surface area (Å²) in [7, 11) is 1.96. The normalized spacial score (nSPS) is 18.6. The molecule has 0 spiro atoms. The first kappa shape index (κ1) is 20.5. The molecule has 1 aliphatic carbocycles.